The third-order valence-corrected chi connectivity index (χ3v) is 3.72. The molecular formula is C6H14N3P. The van der Waals surface area contributed by atoms with Gasteiger partial charge in [0.1, 0.15) is 0 Å². The van der Waals surface area contributed by atoms with Crippen LogP contribution in [0, 0.1) is 0 Å². The van der Waals surface area contributed by atoms with Gasteiger partial charge in [0.15, 0.2) is 0 Å². The highest BCUT2D eigenvalue weighted by atomic mass is 31.1. The lowest BCUT2D eigenvalue weighted by Gasteiger charge is -2.43. The minimum absolute atomic E-state index is 0.287. The average molecular weight is 159 g/mol. The van der Waals surface area contributed by atoms with E-state index in [9.17, 15) is 0 Å². The number of nitrogens with one attached hydrogen (secondary N) is 1. The average Bonchev–Trinajstić information content (AvgIpc) is 1.85. The van der Waals surface area contributed by atoms with Crippen molar-refractivity contribution in [1.29, 1.82) is 0 Å². The lowest BCUT2D eigenvalue weighted by molar-refractivity contribution is 0.0840. The molecule has 2 rings (SSSR count). The molecule has 0 spiro atoms. The molecule has 2 unspecified atom stereocenters. The number of fused-ring (bicyclic) bond motifs is 2. The Morgan fingerprint density at radius 3 is 2.40 bits per heavy atom. The monoisotopic (exact) mass is 159 g/mol. The van der Waals surface area contributed by atoms with E-state index in [-0.39, 0.29) is 7.92 Å². The molecule has 0 saturated carbocycles. The number of rotatable bonds is 0. The predicted molar refractivity (Wildman–Crippen MR) is 44.0 cm³/mol. The van der Waals surface area contributed by atoms with Crippen molar-refractivity contribution in [2.45, 2.75) is 0 Å². The molecule has 2 fully saturated rings. The van der Waals surface area contributed by atoms with E-state index in [0.717, 1.165) is 13.3 Å². The third kappa shape index (κ3) is 1.32. The van der Waals surface area contributed by atoms with Crippen molar-refractivity contribution in [3.63, 3.8) is 0 Å². The second-order valence-electron chi connectivity index (χ2n) is 3.19. The van der Waals surface area contributed by atoms with E-state index in [1.54, 1.807) is 0 Å². The minimum Gasteiger partial charge on any atom is -0.291 e. The van der Waals surface area contributed by atoms with E-state index < -0.39 is 0 Å². The van der Waals surface area contributed by atoms with Gasteiger partial charge in [-0.1, -0.05) is 7.92 Å². The second kappa shape index (κ2) is 2.74. The fourth-order valence-corrected chi connectivity index (χ4v) is 3.50. The molecule has 2 aliphatic rings. The van der Waals surface area contributed by atoms with Gasteiger partial charge in [0, 0.05) is 12.6 Å². The summed E-state index contributed by atoms with van der Waals surface area (Å²) in [7, 11) is 0.287. The zero-order valence-corrected chi connectivity index (χ0v) is 7.27. The van der Waals surface area contributed by atoms with Crippen molar-refractivity contribution in [2.24, 2.45) is 0 Å². The van der Waals surface area contributed by atoms with Crippen LogP contribution < -0.4 is 5.32 Å². The summed E-state index contributed by atoms with van der Waals surface area (Å²) < 4.78 is 0. The van der Waals surface area contributed by atoms with Crippen LogP contribution in [-0.4, -0.2) is 49.0 Å². The molecule has 0 aromatic carbocycles. The van der Waals surface area contributed by atoms with E-state index in [1.807, 2.05) is 0 Å². The lowest BCUT2D eigenvalue weighted by Crippen LogP contribution is -2.55. The van der Waals surface area contributed by atoms with Gasteiger partial charge in [0.25, 0.3) is 0 Å². The first-order chi connectivity index (χ1) is 4.84. The highest BCUT2D eigenvalue weighted by Gasteiger charge is 2.24. The van der Waals surface area contributed by atoms with Crippen LogP contribution in [0.3, 0.4) is 0 Å². The van der Waals surface area contributed by atoms with Gasteiger partial charge in [-0.15, -0.1) is 0 Å². The fraction of sp³-hybridized carbons (Fsp3) is 1.00. The zero-order chi connectivity index (χ0) is 6.97. The Bertz CT molecular complexity index is 114. The summed E-state index contributed by atoms with van der Waals surface area (Å²) in [6.45, 7) is 5.78. The minimum atomic E-state index is 0.287. The molecule has 2 heterocycles. The van der Waals surface area contributed by atoms with E-state index >= 15 is 0 Å². The molecule has 4 heteroatoms. The molecule has 0 aliphatic carbocycles. The summed E-state index contributed by atoms with van der Waals surface area (Å²) in [4.78, 5) is 4.97. The maximum Gasteiger partial charge on any atom is 0.0537 e. The number of nitrogens with zero attached hydrogens (tertiary/aromatic N) is 2. The maximum absolute atomic E-state index is 3.37. The van der Waals surface area contributed by atoms with Gasteiger partial charge in [-0.2, -0.15) is 0 Å². The SMILES string of the molecule is CP1CN2CNCN(C2)C1. The van der Waals surface area contributed by atoms with E-state index in [4.69, 9.17) is 0 Å². The Morgan fingerprint density at radius 1 is 1.20 bits per heavy atom. The Kier molecular flexibility index (Phi) is 1.92. The smallest absolute Gasteiger partial charge is 0.0537 e. The predicted octanol–water partition coefficient (Wildman–Crippen LogP) is 0.106. The standard InChI is InChI=1S/C6H14N3P/c1-10-5-8-2-7-3-9(4-8)6-10/h7H,2-6H2,1H3. The van der Waals surface area contributed by atoms with Crippen LogP contribution in [0.4, 0.5) is 0 Å². The van der Waals surface area contributed by atoms with Gasteiger partial charge in [0.2, 0.25) is 0 Å². The van der Waals surface area contributed by atoms with E-state index in [1.165, 1.54) is 19.2 Å². The van der Waals surface area contributed by atoms with Gasteiger partial charge in [-0.3, -0.25) is 15.1 Å². The Labute approximate surface area is 63.1 Å². The van der Waals surface area contributed by atoms with Crippen molar-refractivity contribution in [3.8, 4) is 0 Å². The maximum atomic E-state index is 3.37. The molecule has 2 saturated heterocycles. The molecule has 0 amide bonds. The van der Waals surface area contributed by atoms with E-state index in [2.05, 4.69) is 21.8 Å². The number of hydrogen-bond donors (Lipinski definition) is 1. The van der Waals surface area contributed by atoms with Gasteiger partial charge in [-0.25, -0.2) is 0 Å². The van der Waals surface area contributed by atoms with Crippen LogP contribution in [0.2, 0.25) is 0 Å². The van der Waals surface area contributed by atoms with Crippen LogP contribution in [0.1, 0.15) is 0 Å². The third-order valence-electron chi connectivity index (χ3n) is 1.95. The Morgan fingerprint density at radius 2 is 1.80 bits per heavy atom. The summed E-state index contributed by atoms with van der Waals surface area (Å²) in [6.07, 6.45) is 2.66. The van der Waals surface area contributed by atoms with Crippen molar-refractivity contribution < 1.29 is 0 Å². The normalized spacial score (nSPS) is 47.1. The van der Waals surface area contributed by atoms with E-state index in [0.29, 0.717) is 0 Å². The highest BCUT2D eigenvalue weighted by molar-refractivity contribution is 7.56. The van der Waals surface area contributed by atoms with Crippen molar-refractivity contribution in [2.75, 3.05) is 39.2 Å². The van der Waals surface area contributed by atoms with Crippen LogP contribution in [0.5, 0.6) is 0 Å². The van der Waals surface area contributed by atoms with Crippen molar-refractivity contribution in [1.82, 2.24) is 15.1 Å². The van der Waals surface area contributed by atoms with Crippen LogP contribution in [0.15, 0.2) is 0 Å². The molecule has 0 radical (unpaired) electrons. The molecule has 10 heavy (non-hydrogen) atoms. The molecule has 2 bridgehead atoms. The first-order valence-electron chi connectivity index (χ1n) is 3.68. The first kappa shape index (κ1) is 6.99. The quantitative estimate of drug-likeness (QED) is 0.506. The molecule has 1 N–H and O–H groups in total. The number of hydrogen-bond acceptors (Lipinski definition) is 3. The molecule has 2 aliphatic heterocycles. The van der Waals surface area contributed by atoms with Crippen LogP contribution >= 0.6 is 7.92 Å². The highest BCUT2D eigenvalue weighted by Crippen LogP contribution is 2.36. The van der Waals surface area contributed by atoms with Gasteiger partial charge in [0.05, 0.1) is 20.0 Å². The summed E-state index contributed by atoms with van der Waals surface area (Å²) in [5.74, 6) is 0. The zero-order valence-electron chi connectivity index (χ0n) is 6.38. The molecule has 2 atom stereocenters. The molecule has 3 nitrogen and oxygen atoms in total. The Balaban J connectivity index is 1.98. The largest absolute Gasteiger partial charge is 0.291 e. The van der Waals surface area contributed by atoms with Crippen molar-refractivity contribution >= 4 is 7.92 Å². The lowest BCUT2D eigenvalue weighted by atomic mass is 10.6. The van der Waals surface area contributed by atoms with Gasteiger partial charge in [-0.05, 0) is 6.66 Å². The fourth-order valence-electron chi connectivity index (χ4n) is 1.67. The van der Waals surface area contributed by atoms with Gasteiger partial charge >= 0.3 is 0 Å². The summed E-state index contributed by atoms with van der Waals surface area (Å²) in [6, 6.07) is 0. The molecule has 0 aromatic rings. The molecular weight excluding hydrogens is 145 g/mol. The van der Waals surface area contributed by atoms with Gasteiger partial charge < -0.3 is 0 Å². The summed E-state index contributed by atoms with van der Waals surface area (Å²) in [5.41, 5.74) is 0. The summed E-state index contributed by atoms with van der Waals surface area (Å²) in [5, 5.41) is 3.37. The second-order valence-corrected chi connectivity index (χ2v) is 5.47. The topological polar surface area (TPSA) is 18.5 Å². The van der Waals surface area contributed by atoms with Crippen molar-refractivity contribution in [3.05, 3.63) is 0 Å². The summed E-state index contributed by atoms with van der Waals surface area (Å²) >= 11 is 0. The van der Waals surface area contributed by atoms with Crippen LogP contribution in [-0.2, 0) is 0 Å². The van der Waals surface area contributed by atoms with Crippen LogP contribution in [0.25, 0.3) is 0 Å². The molecule has 0 aromatic heterocycles. The molecule has 58 valence electrons. The Hall–Kier alpha value is 0.310. The first-order valence-corrected chi connectivity index (χ1v) is 5.84.